The van der Waals surface area contributed by atoms with Crippen molar-refractivity contribution in [3.05, 3.63) is 28.8 Å². The van der Waals surface area contributed by atoms with Crippen LogP contribution in [-0.4, -0.2) is 13.7 Å². The number of methoxy groups -OCH3 is 1. The fraction of sp³-hybridized carbons (Fsp3) is 0.538. The monoisotopic (exact) mass is 205 g/mol. The molecule has 0 bridgehead atoms. The minimum absolute atomic E-state index is 0.487. The molecule has 0 spiro atoms. The lowest BCUT2D eigenvalue weighted by atomic mass is 9.97. The molecule has 1 unspecified atom stereocenters. The Hall–Kier alpha value is -1.02. The van der Waals surface area contributed by atoms with Crippen molar-refractivity contribution in [2.24, 2.45) is 0 Å². The van der Waals surface area contributed by atoms with Crippen molar-refractivity contribution in [1.82, 2.24) is 5.32 Å². The van der Waals surface area contributed by atoms with Gasteiger partial charge in [0.05, 0.1) is 7.11 Å². The molecule has 2 nitrogen and oxygen atoms in total. The highest BCUT2D eigenvalue weighted by molar-refractivity contribution is 5.45. The van der Waals surface area contributed by atoms with Crippen LogP contribution in [0.15, 0.2) is 12.1 Å². The summed E-state index contributed by atoms with van der Waals surface area (Å²) in [5.41, 5.74) is 3.96. The summed E-state index contributed by atoms with van der Waals surface area (Å²) in [6.07, 6.45) is 2.49. The van der Waals surface area contributed by atoms with Crippen molar-refractivity contribution >= 4 is 0 Å². The maximum atomic E-state index is 5.48. The number of hydrogen-bond donors (Lipinski definition) is 1. The first kappa shape index (κ1) is 10.5. The Morgan fingerprint density at radius 2 is 2.13 bits per heavy atom. The zero-order valence-electron chi connectivity index (χ0n) is 9.76. The minimum Gasteiger partial charge on any atom is -0.496 e. The van der Waals surface area contributed by atoms with Gasteiger partial charge in [0, 0.05) is 11.6 Å². The van der Waals surface area contributed by atoms with Gasteiger partial charge in [0.25, 0.3) is 0 Å². The Kier molecular flexibility index (Phi) is 2.96. The molecule has 1 fully saturated rings. The molecule has 1 N–H and O–H groups in total. The molecular formula is C13H19NO. The number of benzene rings is 1. The molecule has 82 valence electrons. The van der Waals surface area contributed by atoms with Crippen LogP contribution in [0.2, 0.25) is 0 Å². The van der Waals surface area contributed by atoms with E-state index in [4.69, 9.17) is 4.74 Å². The van der Waals surface area contributed by atoms with Crippen LogP contribution in [-0.2, 0) is 0 Å². The number of aryl methyl sites for hydroxylation is 2. The third-order valence-corrected chi connectivity index (χ3v) is 3.12. The quantitative estimate of drug-likeness (QED) is 0.801. The van der Waals surface area contributed by atoms with Crippen molar-refractivity contribution in [3.63, 3.8) is 0 Å². The minimum atomic E-state index is 0.487. The van der Waals surface area contributed by atoms with E-state index in [2.05, 4.69) is 31.3 Å². The maximum Gasteiger partial charge on any atom is 0.124 e. The molecule has 15 heavy (non-hydrogen) atoms. The third kappa shape index (κ3) is 2.00. The lowest BCUT2D eigenvalue weighted by Crippen LogP contribution is -2.15. The van der Waals surface area contributed by atoms with Crippen molar-refractivity contribution < 1.29 is 4.74 Å². The predicted octanol–water partition coefficient (Wildman–Crippen LogP) is 2.74. The average molecular weight is 205 g/mol. The van der Waals surface area contributed by atoms with Gasteiger partial charge in [-0.05, 0) is 50.4 Å². The molecule has 2 rings (SSSR count). The third-order valence-electron chi connectivity index (χ3n) is 3.12. The van der Waals surface area contributed by atoms with E-state index in [1.54, 1.807) is 7.11 Å². The highest BCUT2D eigenvalue weighted by Crippen LogP contribution is 2.34. The fourth-order valence-electron chi connectivity index (χ4n) is 2.49. The summed E-state index contributed by atoms with van der Waals surface area (Å²) in [4.78, 5) is 0. The van der Waals surface area contributed by atoms with Crippen LogP contribution in [0.1, 0.15) is 35.6 Å². The van der Waals surface area contributed by atoms with Crippen LogP contribution in [0.3, 0.4) is 0 Å². The number of nitrogens with one attached hydrogen (secondary N) is 1. The van der Waals surface area contributed by atoms with Crippen LogP contribution in [0.4, 0.5) is 0 Å². The molecule has 0 saturated carbocycles. The molecule has 1 atom stereocenters. The molecule has 1 aliphatic heterocycles. The Morgan fingerprint density at radius 1 is 1.33 bits per heavy atom. The lowest BCUT2D eigenvalue weighted by Gasteiger charge is -2.18. The first-order valence-electron chi connectivity index (χ1n) is 5.61. The van der Waals surface area contributed by atoms with Gasteiger partial charge in [0.2, 0.25) is 0 Å². The Morgan fingerprint density at radius 3 is 2.73 bits per heavy atom. The van der Waals surface area contributed by atoms with Crippen LogP contribution < -0.4 is 10.1 Å². The van der Waals surface area contributed by atoms with E-state index < -0.39 is 0 Å². The summed E-state index contributed by atoms with van der Waals surface area (Å²) in [6, 6.07) is 4.85. The Bertz CT molecular complexity index is 354. The molecule has 1 heterocycles. The molecule has 0 aliphatic carbocycles. The second-order valence-corrected chi connectivity index (χ2v) is 4.35. The van der Waals surface area contributed by atoms with Gasteiger partial charge in [-0.3, -0.25) is 0 Å². The highest BCUT2D eigenvalue weighted by atomic mass is 16.5. The summed E-state index contributed by atoms with van der Waals surface area (Å²) in [6.45, 7) is 5.41. The number of ether oxygens (including phenoxy) is 1. The summed E-state index contributed by atoms with van der Waals surface area (Å²) in [7, 11) is 1.76. The van der Waals surface area contributed by atoms with E-state index in [1.165, 1.54) is 29.5 Å². The summed E-state index contributed by atoms with van der Waals surface area (Å²) in [5, 5.41) is 3.53. The van der Waals surface area contributed by atoms with Gasteiger partial charge in [-0.15, -0.1) is 0 Å². The molecule has 1 saturated heterocycles. The molecule has 2 heteroatoms. The van der Waals surface area contributed by atoms with Gasteiger partial charge in [-0.25, -0.2) is 0 Å². The largest absolute Gasteiger partial charge is 0.496 e. The van der Waals surface area contributed by atoms with Gasteiger partial charge < -0.3 is 10.1 Å². The van der Waals surface area contributed by atoms with Crippen LogP contribution in [0, 0.1) is 13.8 Å². The number of hydrogen-bond acceptors (Lipinski definition) is 2. The van der Waals surface area contributed by atoms with E-state index >= 15 is 0 Å². The molecule has 1 aromatic carbocycles. The molecular weight excluding hydrogens is 186 g/mol. The molecule has 1 aliphatic rings. The first-order valence-corrected chi connectivity index (χ1v) is 5.61. The topological polar surface area (TPSA) is 21.3 Å². The maximum absolute atomic E-state index is 5.48. The second kappa shape index (κ2) is 4.23. The van der Waals surface area contributed by atoms with E-state index in [0.717, 1.165) is 12.3 Å². The zero-order valence-corrected chi connectivity index (χ0v) is 9.76. The summed E-state index contributed by atoms with van der Waals surface area (Å²) < 4.78 is 5.48. The van der Waals surface area contributed by atoms with Gasteiger partial charge in [-0.2, -0.15) is 0 Å². The predicted molar refractivity (Wildman–Crippen MR) is 62.4 cm³/mol. The fourth-order valence-corrected chi connectivity index (χ4v) is 2.49. The van der Waals surface area contributed by atoms with Crippen molar-refractivity contribution in [2.75, 3.05) is 13.7 Å². The number of rotatable bonds is 2. The van der Waals surface area contributed by atoms with Crippen molar-refractivity contribution in [2.45, 2.75) is 32.7 Å². The lowest BCUT2D eigenvalue weighted by molar-refractivity contribution is 0.402. The van der Waals surface area contributed by atoms with E-state index in [0.29, 0.717) is 6.04 Å². The Labute approximate surface area is 91.6 Å². The SMILES string of the molecule is COc1cc(C)cc(C)c1C1CCCN1. The van der Waals surface area contributed by atoms with Crippen molar-refractivity contribution in [3.8, 4) is 5.75 Å². The molecule has 0 radical (unpaired) electrons. The average Bonchev–Trinajstić information content (AvgIpc) is 2.69. The zero-order chi connectivity index (χ0) is 10.8. The normalized spacial score (nSPS) is 20.6. The van der Waals surface area contributed by atoms with Crippen LogP contribution in [0.5, 0.6) is 5.75 Å². The standard InChI is InChI=1S/C13H19NO/c1-9-7-10(2)13(12(8-9)15-3)11-5-4-6-14-11/h7-8,11,14H,4-6H2,1-3H3. The highest BCUT2D eigenvalue weighted by Gasteiger charge is 2.21. The van der Waals surface area contributed by atoms with E-state index in [9.17, 15) is 0 Å². The Balaban J connectivity index is 2.43. The summed E-state index contributed by atoms with van der Waals surface area (Å²) in [5.74, 6) is 1.03. The molecule has 1 aromatic rings. The van der Waals surface area contributed by atoms with Gasteiger partial charge in [-0.1, -0.05) is 6.07 Å². The van der Waals surface area contributed by atoms with Gasteiger partial charge in [0.15, 0.2) is 0 Å². The first-order chi connectivity index (χ1) is 7.22. The summed E-state index contributed by atoms with van der Waals surface area (Å²) >= 11 is 0. The second-order valence-electron chi connectivity index (χ2n) is 4.35. The van der Waals surface area contributed by atoms with E-state index in [1.807, 2.05) is 0 Å². The molecule has 0 aromatic heterocycles. The van der Waals surface area contributed by atoms with Crippen LogP contribution in [0.25, 0.3) is 0 Å². The molecule has 0 amide bonds. The van der Waals surface area contributed by atoms with Gasteiger partial charge in [0.1, 0.15) is 5.75 Å². The van der Waals surface area contributed by atoms with Gasteiger partial charge >= 0.3 is 0 Å². The van der Waals surface area contributed by atoms with Crippen LogP contribution >= 0.6 is 0 Å². The van der Waals surface area contributed by atoms with Crippen molar-refractivity contribution in [1.29, 1.82) is 0 Å². The van der Waals surface area contributed by atoms with E-state index in [-0.39, 0.29) is 0 Å². The smallest absolute Gasteiger partial charge is 0.124 e.